The van der Waals surface area contributed by atoms with Crippen LogP contribution in [0.3, 0.4) is 0 Å². The zero-order valence-electron chi connectivity index (χ0n) is 17.4. The third-order valence-electron chi connectivity index (χ3n) is 5.53. The minimum atomic E-state index is -0.0521. The Morgan fingerprint density at radius 1 is 1.06 bits per heavy atom. The summed E-state index contributed by atoms with van der Waals surface area (Å²) >= 11 is 16.1. The minimum Gasteiger partial charge on any atom is -0.335 e. The maximum atomic E-state index is 12.9. The number of nitrogens with zero attached hydrogens (tertiary/aromatic N) is 6. The van der Waals surface area contributed by atoms with Crippen molar-refractivity contribution in [3.05, 3.63) is 67.6 Å². The molecule has 1 aromatic carbocycles. The molecule has 7 nitrogen and oxygen atoms in total. The van der Waals surface area contributed by atoms with Crippen molar-refractivity contribution in [1.29, 1.82) is 0 Å². The van der Waals surface area contributed by atoms with E-state index in [1.807, 2.05) is 47.8 Å². The lowest BCUT2D eigenvalue weighted by molar-refractivity contribution is 0.0621. The molecule has 0 bridgehead atoms. The van der Waals surface area contributed by atoms with Crippen LogP contribution >= 0.6 is 39.1 Å². The first-order chi connectivity index (χ1) is 14.8. The summed E-state index contributed by atoms with van der Waals surface area (Å²) in [6.45, 7) is 7.86. The number of aryl methyl sites for hydroxylation is 1. The number of carbonyl (C=O) groups excluding carboxylic acids is 1. The summed E-state index contributed by atoms with van der Waals surface area (Å²) in [4.78, 5) is 17.0. The molecule has 1 amide bonds. The Balaban J connectivity index is 1.35. The number of piperazine rings is 1. The highest BCUT2D eigenvalue weighted by Gasteiger charge is 2.24. The fraction of sp³-hybridized carbons (Fsp3) is 0.381. The first-order valence-electron chi connectivity index (χ1n) is 10.0. The zero-order chi connectivity index (χ0) is 22.1. The number of aromatic nitrogens is 4. The third kappa shape index (κ3) is 4.82. The van der Waals surface area contributed by atoms with Crippen molar-refractivity contribution in [3.63, 3.8) is 0 Å². The maximum absolute atomic E-state index is 12.9. The van der Waals surface area contributed by atoms with Gasteiger partial charge in [0.05, 0.1) is 15.9 Å². The number of hydrogen-bond acceptors (Lipinski definition) is 4. The first kappa shape index (κ1) is 22.3. The van der Waals surface area contributed by atoms with Crippen LogP contribution in [0.4, 0.5) is 0 Å². The standard InChI is InChI=1S/C21H23BrCl2N6O/c1-14-20(22)15(2)30(25-14)13-29-7-6-19(26-29)21(31)28-10-8-27(9-11-28)12-16-17(23)4-3-5-18(16)24/h3-7H,8-13H2,1-2H3. The van der Waals surface area contributed by atoms with Crippen LogP contribution in [0.15, 0.2) is 34.9 Å². The Labute approximate surface area is 199 Å². The van der Waals surface area contributed by atoms with Gasteiger partial charge in [0, 0.05) is 54.5 Å². The molecule has 1 fully saturated rings. The largest absolute Gasteiger partial charge is 0.335 e. The van der Waals surface area contributed by atoms with Gasteiger partial charge in [-0.3, -0.25) is 14.4 Å². The molecule has 0 saturated carbocycles. The predicted molar refractivity (Wildman–Crippen MR) is 125 cm³/mol. The van der Waals surface area contributed by atoms with E-state index >= 15 is 0 Å². The molecular formula is C21H23BrCl2N6O. The lowest BCUT2D eigenvalue weighted by Gasteiger charge is -2.34. The van der Waals surface area contributed by atoms with Gasteiger partial charge in [0.15, 0.2) is 0 Å². The van der Waals surface area contributed by atoms with Gasteiger partial charge < -0.3 is 4.90 Å². The van der Waals surface area contributed by atoms with Crippen molar-refractivity contribution < 1.29 is 4.79 Å². The average molecular weight is 526 g/mol. The molecule has 1 aliphatic heterocycles. The second-order valence-electron chi connectivity index (χ2n) is 7.63. The van der Waals surface area contributed by atoms with E-state index in [1.54, 1.807) is 10.7 Å². The molecular weight excluding hydrogens is 503 g/mol. The summed E-state index contributed by atoms with van der Waals surface area (Å²) < 4.78 is 4.58. The minimum absolute atomic E-state index is 0.0521. The highest BCUT2D eigenvalue weighted by Crippen LogP contribution is 2.26. The number of hydrogen-bond donors (Lipinski definition) is 0. The van der Waals surface area contributed by atoms with Gasteiger partial charge in [-0.05, 0) is 48.0 Å². The van der Waals surface area contributed by atoms with Gasteiger partial charge in [0.1, 0.15) is 12.4 Å². The SMILES string of the molecule is Cc1nn(Cn2ccc(C(=O)N3CCN(Cc4c(Cl)cccc4Cl)CC3)n2)c(C)c1Br. The summed E-state index contributed by atoms with van der Waals surface area (Å²) in [5.74, 6) is -0.0521. The van der Waals surface area contributed by atoms with Crippen LogP contribution in [-0.2, 0) is 13.2 Å². The highest BCUT2D eigenvalue weighted by atomic mass is 79.9. The number of benzene rings is 1. The Morgan fingerprint density at radius 3 is 2.35 bits per heavy atom. The van der Waals surface area contributed by atoms with Gasteiger partial charge in [-0.15, -0.1) is 0 Å². The summed E-state index contributed by atoms with van der Waals surface area (Å²) in [7, 11) is 0. The van der Waals surface area contributed by atoms with E-state index in [-0.39, 0.29) is 5.91 Å². The van der Waals surface area contributed by atoms with Crippen molar-refractivity contribution in [2.75, 3.05) is 26.2 Å². The summed E-state index contributed by atoms with van der Waals surface area (Å²) in [6.07, 6.45) is 1.81. The molecule has 0 atom stereocenters. The fourth-order valence-corrected chi connectivity index (χ4v) is 4.48. The van der Waals surface area contributed by atoms with Crippen molar-refractivity contribution in [3.8, 4) is 0 Å². The topological polar surface area (TPSA) is 59.2 Å². The Kier molecular flexibility index (Phi) is 6.71. The maximum Gasteiger partial charge on any atom is 0.274 e. The quantitative estimate of drug-likeness (QED) is 0.500. The van der Waals surface area contributed by atoms with E-state index in [2.05, 4.69) is 31.0 Å². The van der Waals surface area contributed by atoms with Crippen molar-refractivity contribution in [1.82, 2.24) is 29.4 Å². The smallest absolute Gasteiger partial charge is 0.274 e. The molecule has 1 aliphatic rings. The van der Waals surface area contributed by atoms with Gasteiger partial charge >= 0.3 is 0 Å². The number of amides is 1. The van der Waals surface area contributed by atoms with Gasteiger partial charge in [-0.1, -0.05) is 29.3 Å². The Morgan fingerprint density at radius 2 is 1.74 bits per heavy atom. The molecule has 3 heterocycles. The van der Waals surface area contributed by atoms with E-state index in [0.29, 0.717) is 42.0 Å². The molecule has 0 spiro atoms. The second-order valence-corrected chi connectivity index (χ2v) is 9.24. The van der Waals surface area contributed by atoms with Crippen LogP contribution in [0.25, 0.3) is 0 Å². The van der Waals surface area contributed by atoms with Crippen molar-refractivity contribution >= 4 is 45.0 Å². The van der Waals surface area contributed by atoms with Crippen molar-refractivity contribution in [2.45, 2.75) is 27.1 Å². The van der Waals surface area contributed by atoms with E-state index in [4.69, 9.17) is 23.2 Å². The van der Waals surface area contributed by atoms with Crippen LogP contribution in [0.1, 0.15) is 27.4 Å². The van der Waals surface area contributed by atoms with Crippen LogP contribution in [0, 0.1) is 13.8 Å². The summed E-state index contributed by atoms with van der Waals surface area (Å²) in [5, 5.41) is 10.3. The Bertz CT molecular complexity index is 1080. The van der Waals surface area contributed by atoms with E-state index in [0.717, 1.165) is 34.5 Å². The molecule has 1 saturated heterocycles. The van der Waals surface area contributed by atoms with E-state index < -0.39 is 0 Å². The van der Waals surface area contributed by atoms with Crippen LogP contribution in [0.2, 0.25) is 10.0 Å². The molecule has 2 aromatic heterocycles. The van der Waals surface area contributed by atoms with E-state index in [1.165, 1.54) is 0 Å². The lowest BCUT2D eigenvalue weighted by atomic mass is 10.2. The first-order valence-corrected chi connectivity index (χ1v) is 11.6. The van der Waals surface area contributed by atoms with Gasteiger partial charge in [-0.2, -0.15) is 10.2 Å². The molecule has 0 unspecified atom stereocenters. The molecule has 10 heteroatoms. The zero-order valence-corrected chi connectivity index (χ0v) is 20.5. The Hall–Kier alpha value is -1.87. The van der Waals surface area contributed by atoms with Crippen LogP contribution < -0.4 is 0 Å². The van der Waals surface area contributed by atoms with E-state index in [9.17, 15) is 4.79 Å². The number of rotatable bonds is 5. The van der Waals surface area contributed by atoms with Crippen LogP contribution in [-0.4, -0.2) is 61.4 Å². The van der Waals surface area contributed by atoms with Gasteiger partial charge in [0.25, 0.3) is 5.91 Å². The molecule has 31 heavy (non-hydrogen) atoms. The van der Waals surface area contributed by atoms with Crippen LogP contribution in [0.5, 0.6) is 0 Å². The fourth-order valence-electron chi connectivity index (χ4n) is 3.68. The molecule has 3 aromatic rings. The number of halogens is 3. The highest BCUT2D eigenvalue weighted by molar-refractivity contribution is 9.10. The average Bonchev–Trinajstić information content (AvgIpc) is 3.32. The van der Waals surface area contributed by atoms with Gasteiger partial charge in [0.2, 0.25) is 0 Å². The molecule has 0 N–H and O–H groups in total. The molecule has 164 valence electrons. The molecule has 0 aliphatic carbocycles. The normalized spacial score (nSPS) is 14.9. The summed E-state index contributed by atoms with van der Waals surface area (Å²) in [6, 6.07) is 7.31. The monoisotopic (exact) mass is 524 g/mol. The predicted octanol–water partition coefficient (Wildman–Crippen LogP) is 4.23. The molecule has 4 rings (SSSR count). The lowest BCUT2D eigenvalue weighted by Crippen LogP contribution is -2.48. The van der Waals surface area contributed by atoms with Crippen molar-refractivity contribution in [2.24, 2.45) is 0 Å². The third-order valence-corrected chi connectivity index (χ3v) is 7.39. The number of carbonyl (C=O) groups is 1. The van der Waals surface area contributed by atoms with Gasteiger partial charge in [-0.25, -0.2) is 4.68 Å². The second kappa shape index (κ2) is 9.32. The molecule has 0 radical (unpaired) electrons. The summed E-state index contributed by atoms with van der Waals surface area (Å²) in [5.41, 5.74) is 3.33.